The number of nitrogens with one attached hydrogen (secondary N) is 2. The molecule has 0 radical (unpaired) electrons. The molecule has 1 saturated carbocycles. The van der Waals surface area contributed by atoms with Crippen molar-refractivity contribution in [2.75, 3.05) is 16.8 Å². The quantitative estimate of drug-likeness (QED) is 0.0208. The summed E-state index contributed by atoms with van der Waals surface area (Å²) in [6.45, 7) is 5.27. The summed E-state index contributed by atoms with van der Waals surface area (Å²) in [6.07, 6.45) is 3.69. The monoisotopic (exact) mass is 1070 g/mol. The van der Waals surface area contributed by atoms with Crippen LogP contribution >= 0.6 is 23.1 Å². The highest BCUT2D eigenvalue weighted by Crippen LogP contribution is 2.43. The fourth-order valence-electron chi connectivity index (χ4n) is 9.43. The van der Waals surface area contributed by atoms with E-state index in [1.165, 1.54) is 28.0 Å². The largest absolute Gasteiger partial charge is 0.457 e. The van der Waals surface area contributed by atoms with Gasteiger partial charge in [-0.2, -0.15) is 0 Å². The summed E-state index contributed by atoms with van der Waals surface area (Å²) < 4.78 is 26.6. The Kier molecular flexibility index (Phi) is 15.1. The molecule has 0 spiro atoms. The van der Waals surface area contributed by atoms with E-state index in [2.05, 4.69) is 20.8 Å². The Hall–Kier alpha value is -7.73. The van der Waals surface area contributed by atoms with Gasteiger partial charge >= 0.3 is 11.9 Å². The van der Waals surface area contributed by atoms with Gasteiger partial charge in [0, 0.05) is 41.3 Å². The highest BCUT2D eigenvalue weighted by Gasteiger charge is 2.58. The van der Waals surface area contributed by atoms with Crippen LogP contribution < -0.4 is 10.6 Å². The second-order valence-corrected chi connectivity index (χ2v) is 22.9. The second kappa shape index (κ2) is 22.2. The molecule has 386 valence electrons. The minimum Gasteiger partial charge on any atom is -0.457 e. The lowest BCUT2D eigenvalue weighted by Gasteiger charge is -2.49. The molecule has 2 amide bonds. The van der Waals surface area contributed by atoms with Gasteiger partial charge < -0.3 is 24.9 Å². The molecule has 2 aliphatic heterocycles. The molecule has 17 heteroatoms. The van der Waals surface area contributed by atoms with Crippen molar-refractivity contribution in [2.24, 2.45) is 5.16 Å². The van der Waals surface area contributed by atoms with Crippen molar-refractivity contribution in [3.63, 3.8) is 0 Å². The molecule has 10 rings (SSSR count). The van der Waals surface area contributed by atoms with E-state index in [9.17, 15) is 23.4 Å². The maximum atomic E-state index is 15.0. The number of carbonyl (C=O) groups is 4. The van der Waals surface area contributed by atoms with E-state index < -0.39 is 68.8 Å². The Balaban J connectivity index is 0.992. The van der Waals surface area contributed by atoms with Crippen molar-refractivity contribution in [1.29, 1.82) is 0 Å². The van der Waals surface area contributed by atoms with Gasteiger partial charge in [-0.05, 0) is 72.7 Å². The summed E-state index contributed by atoms with van der Waals surface area (Å²) in [4.78, 5) is 75.5. The van der Waals surface area contributed by atoms with Crippen LogP contribution in [0.25, 0.3) is 0 Å². The summed E-state index contributed by atoms with van der Waals surface area (Å²) >= 11 is 2.62. The molecule has 7 aromatic rings. The van der Waals surface area contributed by atoms with Gasteiger partial charge in [0.2, 0.25) is 5.60 Å². The number of amides is 2. The standard InChI is InChI=1S/C59H54N6O8S3/c1-57(2,3)72-55(69)58(32-19-33-58)73-64-47(46-37-75-56(61-46)63-59(42-24-13-6-14-25-42,43-26-15-7-16-27-43)44-28-17-8-18-29-44)51(66)62-48-52(67)65-49(41(38-76(70)53(48)65)36-74-45-30-34-60-35-31-45)54(68)71-50(39-20-9-4-10-21-39)40-22-11-5-12-23-40/h4-18,20-31,34-35,37,48,50,53H,19,32-33,36,38H2,1-3H3,(H,61,63)(H,62,66)/t48-,53-,76+/m1/s1. The van der Waals surface area contributed by atoms with Crippen LogP contribution in [0.15, 0.2) is 203 Å². The van der Waals surface area contributed by atoms with Gasteiger partial charge in [-0.15, -0.1) is 23.1 Å². The van der Waals surface area contributed by atoms with E-state index in [1.54, 1.807) is 38.5 Å². The third-order valence-electron chi connectivity index (χ3n) is 13.3. The van der Waals surface area contributed by atoms with Crippen LogP contribution in [0.2, 0.25) is 0 Å². The molecule has 0 unspecified atom stereocenters. The second-order valence-electron chi connectivity index (χ2n) is 19.5. The number of benzene rings is 5. The van der Waals surface area contributed by atoms with E-state index in [4.69, 9.17) is 19.3 Å². The lowest BCUT2D eigenvalue weighted by Crippen LogP contribution is -2.74. The maximum Gasteiger partial charge on any atom is 0.356 e. The van der Waals surface area contributed by atoms with E-state index in [-0.39, 0.29) is 41.5 Å². The first-order valence-electron chi connectivity index (χ1n) is 24.8. The highest BCUT2D eigenvalue weighted by atomic mass is 32.2. The zero-order valence-electron chi connectivity index (χ0n) is 41.9. The zero-order chi connectivity index (χ0) is 52.9. The summed E-state index contributed by atoms with van der Waals surface area (Å²) in [5.74, 6) is -2.84. The summed E-state index contributed by atoms with van der Waals surface area (Å²) in [6, 6.07) is 50.7. The number of pyridine rings is 1. The van der Waals surface area contributed by atoms with Gasteiger partial charge in [-0.25, -0.2) is 14.6 Å². The van der Waals surface area contributed by atoms with Crippen LogP contribution in [0.4, 0.5) is 5.13 Å². The topological polar surface area (TPSA) is 178 Å². The molecule has 14 nitrogen and oxygen atoms in total. The molecule has 76 heavy (non-hydrogen) atoms. The van der Waals surface area contributed by atoms with Crippen LogP contribution in [0.1, 0.15) is 79.6 Å². The lowest BCUT2D eigenvalue weighted by atomic mass is 9.77. The van der Waals surface area contributed by atoms with Crippen molar-refractivity contribution in [3.05, 3.63) is 226 Å². The summed E-state index contributed by atoms with van der Waals surface area (Å²) in [7, 11) is -1.81. The van der Waals surface area contributed by atoms with Gasteiger partial charge in [0.15, 0.2) is 16.9 Å². The SMILES string of the molecule is CC(C)(C)OC(=O)C1(ON=C(C(=O)N[C@@H]2C(=O)N3C(C(=O)OC(c4ccccc4)c4ccccc4)=C(CSc4ccncc4)C[S@](=O)[C@H]23)c2csc(NC(c3ccccc3)(c3ccccc3)c3ccccc3)n2)CCC1. The van der Waals surface area contributed by atoms with Crippen molar-refractivity contribution in [2.45, 2.75) is 79.2 Å². The molecule has 3 atom stereocenters. The Morgan fingerprint density at radius 3 is 1.86 bits per heavy atom. The first kappa shape index (κ1) is 51.7. The van der Waals surface area contributed by atoms with Crippen LogP contribution in [-0.2, 0) is 49.8 Å². The molecular weight excluding hydrogens is 1020 g/mol. The smallest absolute Gasteiger partial charge is 0.356 e. The predicted octanol–water partition coefficient (Wildman–Crippen LogP) is 9.72. The Morgan fingerprint density at radius 2 is 1.34 bits per heavy atom. The number of hydrogen-bond acceptors (Lipinski definition) is 14. The minimum absolute atomic E-state index is 0.0334. The number of esters is 2. The van der Waals surface area contributed by atoms with Gasteiger partial charge in [0.05, 0.1) is 16.6 Å². The number of aromatic nitrogens is 2. The average molecular weight is 1070 g/mol. The number of nitrogens with zero attached hydrogens (tertiary/aromatic N) is 4. The number of thioether (sulfide) groups is 1. The fraction of sp³-hybridized carbons (Fsp3) is 0.237. The minimum atomic E-state index is -1.81. The fourth-order valence-corrected chi connectivity index (χ4v) is 12.9. The molecular formula is C59H54N6O8S3. The highest BCUT2D eigenvalue weighted by molar-refractivity contribution is 7.99. The first-order chi connectivity index (χ1) is 36.8. The summed E-state index contributed by atoms with van der Waals surface area (Å²) in [5, 5.41) is 11.8. The van der Waals surface area contributed by atoms with E-state index in [1.807, 2.05) is 164 Å². The molecule has 3 aliphatic rings. The lowest BCUT2D eigenvalue weighted by molar-refractivity contribution is -0.196. The van der Waals surface area contributed by atoms with Crippen molar-refractivity contribution in [1.82, 2.24) is 20.2 Å². The van der Waals surface area contributed by atoms with Crippen LogP contribution in [0.5, 0.6) is 0 Å². The van der Waals surface area contributed by atoms with Gasteiger partial charge in [-0.1, -0.05) is 157 Å². The van der Waals surface area contributed by atoms with Crippen molar-refractivity contribution >= 4 is 68.5 Å². The number of anilines is 1. The molecule has 2 aromatic heterocycles. The van der Waals surface area contributed by atoms with Crippen LogP contribution in [-0.4, -0.2) is 82.7 Å². The van der Waals surface area contributed by atoms with Gasteiger partial charge in [-0.3, -0.25) is 23.7 Å². The molecule has 0 bridgehead atoms. The number of β-lactam (4-membered cyclic amide) rings is 1. The number of rotatable bonds is 18. The third kappa shape index (κ3) is 10.7. The number of thiazole rings is 1. The van der Waals surface area contributed by atoms with E-state index >= 15 is 0 Å². The average Bonchev–Trinajstić information content (AvgIpc) is 3.90. The molecule has 1 saturated heterocycles. The predicted molar refractivity (Wildman–Crippen MR) is 293 cm³/mol. The number of hydrogen-bond donors (Lipinski definition) is 2. The molecule has 2 N–H and O–H groups in total. The van der Waals surface area contributed by atoms with Crippen molar-refractivity contribution in [3.8, 4) is 0 Å². The molecule has 4 heterocycles. The van der Waals surface area contributed by atoms with E-state index in [0.717, 1.165) is 21.6 Å². The van der Waals surface area contributed by atoms with Crippen LogP contribution in [0.3, 0.4) is 0 Å². The Bertz CT molecular complexity index is 3160. The van der Waals surface area contributed by atoms with Crippen LogP contribution in [0, 0.1) is 0 Å². The van der Waals surface area contributed by atoms with Gasteiger partial charge in [0.1, 0.15) is 33.9 Å². The maximum absolute atomic E-state index is 15.0. The van der Waals surface area contributed by atoms with E-state index in [0.29, 0.717) is 28.3 Å². The first-order valence-corrected chi connectivity index (χ1v) is 28.1. The third-order valence-corrected chi connectivity index (χ3v) is 16.8. The summed E-state index contributed by atoms with van der Waals surface area (Å²) in [5.41, 5.74) is 1.05. The number of carbonyl (C=O) groups excluding carboxylic acids is 4. The normalized spacial score (nSPS) is 18.2. The van der Waals surface area contributed by atoms with Crippen molar-refractivity contribution < 1.29 is 37.7 Å². The Labute approximate surface area is 451 Å². The zero-order valence-corrected chi connectivity index (χ0v) is 44.3. The number of ether oxygens (including phenoxy) is 2. The number of oxime groups is 1. The molecule has 5 aromatic carbocycles. The Morgan fingerprint density at radius 1 is 0.803 bits per heavy atom. The van der Waals surface area contributed by atoms with Gasteiger partial charge in [0.25, 0.3) is 11.8 Å². The molecule has 1 aliphatic carbocycles. The number of fused-ring (bicyclic) bond motifs is 1. The molecule has 2 fully saturated rings.